The van der Waals surface area contributed by atoms with E-state index in [9.17, 15) is 9.59 Å². The van der Waals surface area contributed by atoms with E-state index in [0.717, 1.165) is 29.8 Å². The fourth-order valence-corrected chi connectivity index (χ4v) is 3.06. The first-order valence-corrected chi connectivity index (χ1v) is 10.8. The molecule has 0 aliphatic rings. The zero-order chi connectivity index (χ0) is 22.6. The van der Waals surface area contributed by atoms with Crippen LogP contribution in [0.5, 0.6) is 5.75 Å². The van der Waals surface area contributed by atoms with Gasteiger partial charge in [0.15, 0.2) is 0 Å². The number of para-hydroxylation sites is 2. The minimum atomic E-state index is -0.213. The number of unbranched alkanes of at least 4 members (excludes halogenated alkanes) is 1. The van der Waals surface area contributed by atoms with Gasteiger partial charge in [0.1, 0.15) is 5.75 Å². The van der Waals surface area contributed by atoms with Crippen LogP contribution in [0.4, 0.5) is 11.4 Å². The van der Waals surface area contributed by atoms with Crippen LogP contribution in [-0.2, 0) is 11.3 Å². The first-order chi connectivity index (χ1) is 15.7. The third-order valence-corrected chi connectivity index (χ3v) is 4.79. The van der Waals surface area contributed by atoms with Crippen LogP contribution in [0.3, 0.4) is 0 Å². The van der Waals surface area contributed by atoms with Crippen molar-refractivity contribution in [3.8, 4) is 5.75 Å². The second-order valence-electron chi connectivity index (χ2n) is 7.35. The van der Waals surface area contributed by atoms with E-state index >= 15 is 0 Å². The van der Waals surface area contributed by atoms with Gasteiger partial charge in [-0.05, 0) is 42.3 Å². The van der Waals surface area contributed by atoms with Gasteiger partial charge in [0.05, 0.1) is 18.8 Å². The maximum absolute atomic E-state index is 12.5. The molecule has 0 aliphatic heterocycles. The molecule has 0 atom stereocenters. The highest BCUT2D eigenvalue weighted by Crippen LogP contribution is 2.23. The lowest BCUT2D eigenvalue weighted by atomic mass is 10.1. The predicted molar refractivity (Wildman–Crippen MR) is 128 cm³/mol. The molecule has 0 heterocycles. The average molecular weight is 432 g/mol. The molecular formula is C26H29N3O3. The Morgan fingerprint density at radius 1 is 0.906 bits per heavy atom. The molecule has 3 aromatic carbocycles. The summed E-state index contributed by atoms with van der Waals surface area (Å²) in [5, 5.41) is 8.84. The van der Waals surface area contributed by atoms with Gasteiger partial charge in [-0.2, -0.15) is 0 Å². The minimum Gasteiger partial charge on any atom is -0.491 e. The van der Waals surface area contributed by atoms with Crippen LogP contribution in [0, 0.1) is 0 Å². The first-order valence-electron chi connectivity index (χ1n) is 10.8. The van der Waals surface area contributed by atoms with Crippen molar-refractivity contribution < 1.29 is 14.3 Å². The number of carbonyl (C=O) groups excluding carboxylic acids is 2. The molecule has 32 heavy (non-hydrogen) atoms. The van der Waals surface area contributed by atoms with Crippen LogP contribution in [-0.4, -0.2) is 25.0 Å². The van der Waals surface area contributed by atoms with Crippen molar-refractivity contribution in [2.45, 2.75) is 26.3 Å². The van der Waals surface area contributed by atoms with Crippen molar-refractivity contribution in [1.29, 1.82) is 0 Å². The summed E-state index contributed by atoms with van der Waals surface area (Å²) in [6.45, 7) is 3.28. The molecule has 0 aliphatic carbocycles. The second kappa shape index (κ2) is 12.2. The normalized spacial score (nSPS) is 10.3. The summed E-state index contributed by atoms with van der Waals surface area (Å²) in [7, 11) is 0. The van der Waals surface area contributed by atoms with Crippen molar-refractivity contribution in [2.75, 3.05) is 23.8 Å². The van der Waals surface area contributed by atoms with Gasteiger partial charge in [-0.3, -0.25) is 9.59 Å². The van der Waals surface area contributed by atoms with Gasteiger partial charge in [0, 0.05) is 17.8 Å². The molecule has 0 radical (unpaired) electrons. The van der Waals surface area contributed by atoms with Crippen molar-refractivity contribution in [1.82, 2.24) is 5.32 Å². The summed E-state index contributed by atoms with van der Waals surface area (Å²) in [6, 6.07) is 24.2. The Morgan fingerprint density at radius 3 is 2.50 bits per heavy atom. The molecule has 0 saturated carbocycles. The van der Waals surface area contributed by atoms with Crippen molar-refractivity contribution in [3.05, 3.63) is 90.0 Å². The summed E-state index contributed by atoms with van der Waals surface area (Å²) >= 11 is 0. The number of amides is 2. The Bertz CT molecular complexity index is 1020. The molecule has 6 nitrogen and oxygen atoms in total. The lowest BCUT2D eigenvalue weighted by Crippen LogP contribution is -2.24. The molecule has 0 spiro atoms. The van der Waals surface area contributed by atoms with E-state index in [4.69, 9.17) is 4.74 Å². The highest BCUT2D eigenvalue weighted by atomic mass is 16.5. The number of anilines is 2. The van der Waals surface area contributed by atoms with Gasteiger partial charge >= 0.3 is 0 Å². The SMILES string of the molecule is CCCCOc1ccccc1NCC(=O)Nc1cccc(C(=O)NCc2ccccc2)c1. The molecule has 2 amide bonds. The molecule has 0 bridgehead atoms. The van der Waals surface area contributed by atoms with E-state index < -0.39 is 0 Å². The number of rotatable bonds is 11. The van der Waals surface area contributed by atoms with Gasteiger partial charge in [0.25, 0.3) is 5.91 Å². The summed E-state index contributed by atoms with van der Waals surface area (Å²) in [6.07, 6.45) is 2.03. The zero-order valence-corrected chi connectivity index (χ0v) is 18.3. The quantitative estimate of drug-likeness (QED) is 0.379. The van der Waals surface area contributed by atoms with E-state index in [1.807, 2.05) is 54.6 Å². The molecule has 3 N–H and O–H groups in total. The predicted octanol–water partition coefficient (Wildman–Crippen LogP) is 4.85. The van der Waals surface area contributed by atoms with E-state index in [1.165, 1.54) is 0 Å². The molecule has 0 saturated heterocycles. The molecule has 3 rings (SSSR count). The van der Waals surface area contributed by atoms with E-state index in [-0.39, 0.29) is 18.4 Å². The van der Waals surface area contributed by atoms with Gasteiger partial charge < -0.3 is 20.7 Å². The van der Waals surface area contributed by atoms with Crippen LogP contribution in [0.15, 0.2) is 78.9 Å². The maximum atomic E-state index is 12.5. The van der Waals surface area contributed by atoms with Crippen molar-refractivity contribution in [2.24, 2.45) is 0 Å². The smallest absolute Gasteiger partial charge is 0.251 e. The van der Waals surface area contributed by atoms with Crippen LogP contribution in [0.25, 0.3) is 0 Å². The third kappa shape index (κ3) is 7.16. The van der Waals surface area contributed by atoms with E-state index in [2.05, 4.69) is 22.9 Å². The van der Waals surface area contributed by atoms with Gasteiger partial charge in [0.2, 0.25) is 5.91 Å². The van der Waals surface area contributed by atoms with E-state index in [0.29, 0.717) is 24.4 Å². The number of carbonyl (C=O) groups is 2. The number of ether oxygens (including phenoxy) is 1. The fraction of sp³-hybridized carbons (Fsp3) is 0.231. The Labute approximate surface area is 189 Å². The summed E-state index contributed by atoms with van der Waals surface area (Å²) in [4.78, 5) is 24.9. The highest BCUT2D eigenvalue weighted by molar-refractivity contribution is 5.98. The molecule has 6 heteroatoms. The minimum absolute atomic E-state index is 0.0819. The second-order valence-corrected chi connectivity index (χ2v) is 7.35. The molecule has 166 valence electrons. The monoisotopic (exact) mass is 431 g/mol. The zero-order valence-electron chi connectivity index (χ0n) is 18.3. The molecule has 0 unspecified atom stereocenters. The van der Waals surface area contributed by atoms with Gasteiger partial charge in [-0.25, -0.2) is 0 Å². The third-order valence-electron chi connectivity index (χ3n) is 4.79. The van der Waals surface area contributed by atoms with E-state index in [1.54, 1.807) is 24.3 Å². The van der Waals surface area contributed by atoms with Crippen LogP contribution in [0.1, 0.15) is 35.7 Å². The fourth-order valence-electron chi connectivity index (χ4n) is 3.06. The highest BCUT2D eigenvalue weighted by Gasteiger charge is 2.09. The Balaban J connectivity index is 1.52. The van der Waals surface area contributed by atoms with Crippen molar-refractivity contribution in [3.63, 3.8) is 0 Å². The molecule has 0 fully saturated rings. The maximum Gasteiger partial charge on any atom is 0.251 e. The van der Waals surface area contributed by atoms with Crippen LogP contribution < -0.4 is 20.7 Å². The van der Waals surface area contributed by atoms with Gasteiger partial charge in [-0.15, -0.1) is 0 Å². The van der Waals surface area contributed by atoms with Crippen LogP contribution >= 0.6 is 0 Å². The first kappa shape index (κ1) is 22.9. The molecular weight excluding hydrogens is 402 g/mol. The Kier molecular flexibility index (Phi) is 8.69. The summed E-state index contributed by atoms with van der Waals surface area (Å²) in [5.74, 6) is 0.322. The number of hydrogen-bond donors (Lipinski definition) is 3. The Morgan fingerprint density at radius 2 is 1.69 bits per heavy atom. The standard InChI is InChI=1S/C26H29N3O3/c1-2-3-16-32-24-15-8-7-14-23(24)27-19-25(30)29-22-13-9-12-21(17-22)26(31)28-18-20-10-5-4-6-11-20/h4-15,17,27H,2-3,16,18-19H2,1H3,(H,28,31)(H,29,30). The van der Waals surface area contributed by atoms with Crippen molar-refractivity contribution >= 4 is 23.2 Å². The lowest BCUT2D eigenvalue weighted by molar-refractivity contribution is -0.114. The van der Waals surface area contributed by atoms with Crippen LogP contribution in [0.2, 0.25) is 0 Å². The topological polar surface area (TPSA) is 79.5 Å². The summed E-state index contributed by atoms with van der Waals surface area (Å²) in [5.41, 5.74) is 2.85. The molecule has 0 aromatic heterocycles. The molecule has 3 aromatic rings. The lowest BCUT2D eigenvalue weighted by Gasteiger charge is -2.13. The average Bonchev–Trinajstić information content (AvgIpc) is 2.83. The largest absolute Gasteiger partial charge is 0.491 e. The number of hydrogen-bond acceptors (Lipinski definition) is 4. The van der Waals surface area contributed by atoms with Gasteiger partial charge in [-0.1, -0.05) is 61.9 Å². The summed E-state index contributed by atoms with van der Waals surface area (Å²) < 4.78 is 5.79. The number of nitrogens with one attached hydrogen (secondary N) is 3. The number of benzene rings is 3. The Hall–Kier alpha value is -3.80.